The van der Waals surface area contributed by atoms with E-state index in [9.17, 15) is 4.79 Å². The zero-order valence-electron chi connectivity index (χ0n) is 17.0. The number of rotatable bonds is 9. The van der Waals surface area contributed by atoms with Crippen LogP contribution in [0.5, 0.6) is 0 Å². The van der Waals surface area contributed by atoms with Gasteiger partial charge in [-0.25, -0.2) is 4.79 Å². The summed E-state index contributed by atoms with van der Waals surface area (Å²) >= 11 is 0. The monoisotopic (exact) mass is 381 g/mol. The molecule has 1 unspecified atom stereocenters. The Morgan fingerprint density at radius 1 is 1.12 bits per heavy atom. The predicted octanol–water partition coefficient (Wildman–Crippen LogP) is 5.87. The molecule has 0 saturated heterocycles. The van der Waals surface area contributed by atoms with E-state index < -0.39 is 16.6 Å². The molecule has 0 aliphatic rings. The maximum Gasteiger partial charge on any atom is 0.400 e. The van der Waals surface area contributed by atoms with Gasteiger partial charge in [-0.05, 0) is 70.7 Å². The number of anilines is 1. The van der Waals surface area contributed by atoms with Crippen molar-refractivity contribution in [2.45, 2.75) is 71.6 Å². The Morgan fingerprint density at radius 3 is 2.24 bits per heavy atom. The van der Waals surface area contributed by atoms with Crippen LogP contribution in [-0.4, -0.2) is 35.4 Å². The molecule has 0 aliphatic carbocycles. The van der Waals surface area contributed by atoms with E-state index in [-0.39, 0.29) is 6.09 Å². The third-order valence-corrected chi connectivity index (χ3v) is 7.32. The third-order valence-electron chi connectivity index (χ3n) is 3.94. The van der Waals surface area contributed by atoms with Crippen LogP contribution in [0.4, 0.5) is 10.5 Å². The Kier molecular flexibility index (Phi) is 8.37. The Labute approximate surface area is 155 Å². The summed E-state index contributed by atoms with van der Waals surface area (Å²) in [7, 11) is -3.63. The largest absolute Gasteiger partial charge is 0.504 e. The van der Waals surface area contributed by atoms with Gasteiger partial charge in [-0.1, -0.05) is 25.1 Å². The van der Waals surface area contributed by atoms with E-state index in [0.29, 0.717) is 12.6 Å². The number of nitrogens with zero attached hydrogens (tertiary/aromatic N) is 1. The molecule has 0 N–H and O–H groups in total. The van der Waals surface area contributed by atoms with Crippen molar-refractivity contribution < 1.29 is 13.6 Å². The summed E-state index contributed by atoms with van der Waals surface area (Å²) in [5.41, 5.74) is 0.896. The lowest BCUT2D eigenvalue weighted by atomic mass is 10.3. The number of amides is 1. The van der Waals surface area contributed by atoms with Crippen LogP contribution in [0.25, 0.3) is 0 Å². The second kappa shape index (κ2) is 9.55. The van der Waals surface area contributed by atoms with Gasteiger partial charge in [0.1, 0.15) is 0 Å². The fourth-order valence-corrected chi connectivity index (χ4v) is 5.62. The number of hydrogen-bond donors (Lipinski definition) is 0. The van der Waals surface area contributed by atoms with Crippen LogP contribution in [0.1, 0.15) is 26.7 Å². The van der Waals surface area contributed by atoms with Crippen LogP contribution >= 0.6 is 0 Å². The Morgan fingerprint density at radius 2 is 1.72 bits per heavy atom. The standard InChI is InChI=1S/C19H35NO3Si2/c1-8-17(2)22-25(6,7)16-12-15-20(18-13-10-9-11-14-18)19(21)23-24(3,4)5/h9-11,13-14,17H,8,12,15-16H2,1-7H3. The lowest BCUT2D eigenvalue weighted by Gasteiger charge is -2.30. The lowest BCUT2D eigenvalue weighted by molar-refractivity contribution is 0.203. The van der Waals surface area contributed by atoms with Gasteiger partial charge in [-0.2, -0.15) is 0 Å². The number of benzene rings is 1. The molecule has 0 radical (unpaired) electrons. The molecule has 0 spiro atoms. The smallest absolute Gasteiger partial charge is 0.400 e. The Balaban J connectivity index is 2.73. The molecule has 0 heterocycles. The van der Waals surface area contributed by atoms with Crippen molar-refractivity contribution in [2.75, 3.05) is 11.4 Å². The van der Waals surface area contributed by atoms with Gasteiger partial charge in [0.2, 0.25) is 8.32 Å². The van der Waals surface area contributed by atoms with Crippen molar-refractivity contribution in [1.29, 1.82) is 0 Å². The average molecular weight is 382 g/mol. The quantitative estimate of drug-likeness (QED) is 0.502. The predicted molar refractivity (Wildman–Crippen MR) is 111 cm³/mol. The highest BCUT2D eigenvalue weighted by Crippen LogP contribution is 2.21. The van der Waals surface area contributed by atoms with Crippen LogP contribution in [-0.2, 0) is 8.85 Å². The van der Waals surface area contributed by atoms with Gasteiger partial charge in [-0.3, -0.25) is 4.90 Å². The van der Waals surface area contributed by atoms with Crippen LogP contribution in [0.2, 0.25) is 38.8 Å². The summed E-state index contributed by atoms with van der Waals surface area (Å²) in [5.74, 6) is 0. The molecule has 4 nitrogen and oxygen atoms in total. The van der Waals surface area contributed by atoms with Crippen molar-refractivity contribution in [2.24, 2.45) is 0 Å². The maximum absolute atomic E-state index is 12.7. The van der Waals surface area contributed by atoms with E-state index in [2.05, 4.69) is 26.9 Å². The van der Waals surface area contributed by atoms with Crippen molar-refractivity contribution in [3.05, 3.63) is 30.3 Å². The first-order valence-electron chi connectivity index (χ1n) is 9.27. The van der Waals surface area contributed by atoms with Crippen LogP contribution in [0.3, 0.4) is 0 Å². The number of hydrogen-bond acceptors (Lipinski definition) is 3. The summed E-state index contributed by atoms with van der Waals surface area (Å²) in [6, 6.07) is 10.8. The topological polar surface area (TPSA) is 38.8 Å². The van der Waals surface area contributed by atoms with Gasteiger partial charge < -0.3 is 8.85 Å². The highest BCUT2D eigenvalue weighted by molar-refractivity contribution is 6.71. The maximum atomic E-state index is 12.7. The van der Waals surface area contributed by atoms with Gasteiger partial charge in [0.25, 0.3) is 0 Å². The van der Waals surface area contributed by atoms with E-state index in [1.54, 1.807) is 4.90 Å². The molecule has 1 aromatic carbocycles. The molecular formula is C19H35NO3Si2. The van der Waals surface area contributed by atoms with Gasteiger partial charge in [0.15, 0.2) is 8.32 Å². The van der Waals surface area contributed by atoms with E-state index in [1.807, 2.05) is 50.0 Å². The number of carbonyl (C=O) groups excluding carboxylic acids is 1. The zero-order chi connectivity index (χ0) is 19.1. The number of para-hydroxylation sites is 1. The SMILES string of the molecule is CCC(C)O[Si](C)(C)CCCN(C(=O)O[Si](C)(C)C)c1ccccc1. The summed E-state index contributed by atoms with van der Waals surface area (Å²) in [5, 5.41) is 0. The van der Waals surface area contributed by atoms with E-state index in [0.717, 1.165) is 24.6 Å². The molecule has 1 atom stereocenters. The van der Waals surface area contributed by atoms with E-state index in [4.69, 9.17) is 8.85 Å². The molecule has 142 valence electrons. The molecule has 0 aromatic heterocycles. The van der Waals surface area contributed by atoms with Crippen LogP contribution in [0, 0.1) is 0 Å². The third kappa shape index (κ3) is 8.69. The molecule has 6 heteroatoms. The Hall–Kier alpha value is -1.12. The first-order chi connectivity index (χ1) is 11.5. The van der Waals surface area contributed by atoms with Gasteiger partial charge in [0.05, 0.1) is 0 Å². The fourth-order valence-electron chi connectivity index (χ4n) is 2.60. The first-order valence-corrected chi connectivity index (χ1v) is 15.8. The summed E-state index contributed by atoms with van der Waals surface area (Å²) in [4.78, 5) is 14.4. The summed E-state index contributed by atoms with van der Waals surface area (Å²) in [6.07, 6.45) is 2.04. The molecule has 1 amide bonds. The van der Waals surface area contributed by atoms with Crippen LogP contribution in [0.15, 0.2) is 30.3 Å². The van der Waals surface area contributed by atoms with Gasteiger partial charge in [-0.15, -0.1) is 0 Å². The molecular weight excluding hydrogens is 346 g/mol. The van der Waals surface area contributed by atoms with Crippen LogP contribution < -0.4 is 4.90 Å². The van der Waals surface area contributed by atoms with Gasteiger partial charge in [0, 0.05) is 18.3 Å². The molecule has 0 aliphatic heterocycles. The van der Waals surface area contributed by atoms with Crippen molar-refractivity contribution in [3.8, 4) is 0 Å². The highest BCUT2D eigenvalue weighted by Gasteiger charge is 2.27. The normalized spacial score (nSPS) is 13.4. The number of carbonyl (C=O) groups is 1. The van der Waals surface area contributed by atoms with Gasteiger partial charge >= 0.3 is 6.09 Å². The minimum atomic E-state index is -1.93. The molecule has 25 heavy (non-hydrogen) atoms. The van der Waals surface area contributed by atoms with E-state index >= 15 is 0 Å². The minimum Gasteiger partial charge on any atom is -0.504 e. The molecule has 1 aromatic rings. The highest BCUT2D eigenvalue weighted by atomic mass is 28.4. The summed E-state index contributed by atoms with van der Waals surface area (Å²) < 4.78 is 12.0. The average Bonchev–Trinajstić information content (AvgIpc) is 2.50. The molecule has 1 rings (SSSR count). The van der Waals surface area contributed by atoms with E-state index in [1.165, 1.54) is 0 Å². The Bertz CT molecular complexity index is 529. The lowest BCUT2D eigenvalue weighted by Crippen LogP contribution is -2.41. The summed E-state index contributed by atoms with van der Waals surface area (Å²) in [6.45, 7) is 15.6. The second-order valence-electron chi connectivity index (χ2n) is 8.17. The molecule has 0 saturated carbocycles. The van der Waals surface area contributed by atoms with Crippen molar-refractivity contribution >= 4 is 28.4 Å². The molecule has 0 fully saturated rings. The first kappa shape index (κ1) is 21.9. The molecule has 0 bridgehead atoms. The fraction of sp³-hybridized carbons (Fsp3) is 0.632. The minimum absolute atomic E-state index is 0.229. The second-order valence-corrected chi connectivity index (χ2v) is 16.9. The van der Waals surface area contributed by atoms with Crippen molar-refractivity contribution in [1.82, 2.24) is 0 Å². The van der Waals surface area contributed by atoms with Crippen molar-refractivity contribution in [3.63, 3.8) is 0 Å². The zero-order valence-corrected chi connectivity index (χ0v) is 19.0.